The molecular weight excluding hydrogens is 526 g/mol. The Kier molecular flexibility index (Phi) is 11.5. The molecule has 3 aromatic carbocycles. The third kappa shape index (κ3) is 9.21. The first kappa shape index (κ1) is 30.3. The first-order valence-electron chi connectivity index (χ1n) is 14.2. The molecular formula is C35H39N3O4. The van der Waals surface area contributed by atoms with E-state index in [0.717, 1.165) is 28.1 Å². The summed E-state index contributed by atoms with van der Waals surface area (Å²) in [6.07, 6.45) is 5.98. The molecule has 0 saturated heterocycles. The predicted octanol–water partition coefficient (Wildman–Crippen LogP) is 5.65. The van der Waals surface area contributed by atoms with E-state index in [1.165, 1.54) is 6.08 Å². The van der Waals surface area contributed by atoms with E-state index >= 15 is 0 Å². The first-order chi connectivity index (χ1) is 20.6. The molecule has 0 aliphatic rings. The van der Waals surface area contributed by atoms with Crippen LogP contribution in [0.5, 0.6) is 5.75 Å². The fraction of sp³-hybridized carbons (Fsp3) is 0.257. The van der Waals surface area contributed by atoms with Crippen LogP contribution in [0.4, 0.5) is 0 Å². The van der Waals surface area contributed by atoms with Gasteiger partial charge in [-0.05, 0) is 53.5 Å². The molecule has 4 rings (SSSR count). The summed E-state index contributed by atoms with van der Waals surface area (Å²) in [5.41, 5.74) is 4.06. The molecule has 0 radical (unpaired) electrons. The van der Waals surface area contributed by atoms with E-state index in [2.05, 4.69) is 10.6 Å². The number of nitrogens with zero attached hydrogens (tertiary/aromatic N) is 3. The number of methoxy groups -OCH3 is 2. The van der Waals surface area contributed by atoms with Gasteiger partial charge in [-0.15, -0.1) is 0 Å². The highest BCUT2D eigenvalue weighted by molar-refractivity contribution is 5.94. The van der Waals surface area contributed by atoms with Crippen LogP contribution in [0, 0.1) is 0 Å². The number of hydrogen-bond donors (Lipinski definition) is 0. The zero-order valence-corrected chi connectivity index (χ0v) is 24.4. The zero-order valence-electron chi connectivity index (χ0n) is 24.4. The standard InChI is InChI=1S/C35H39N3O4/c1-41-23-11-22-37(34(39)20-19-29-12-5-3-6-13-29)28-35(40)38(25-30-14-7-4-8-15-30)27-32-17-10-21-36(32)26-31-16-9-18-33(24-31)42-2/h3-10,12-21,24H,11,22-23,25-28H2,1-2H3/b20-19+. The van der Waals surface area contributed by atoms with Crippen molar-refractivity contribution in [2.45, 2.75) is 26.1 Å². The first-order valence-corrected chi connectivity index (χ1v) is 14.2. The minimum absolute atomic E-state index is 0.0227. The second-order valence-electron chi connectivity index (χ2n) is 10.1. The van der Waals surface area contributed by atoms with E-state index in [4.69, 9.17) is 9.47 Å². The molecule has 0 unspecified atom stereocenters. The molecule has 0 bridgehead atoms. The molecule has 0 spiro atoms. The van der Waals surface area contributed by atoms with Gasteiger partial charge in [0.05, 0.1) is 13.7 Å². The highest BCUT2D eigenvalue weighted by Crippen LogP contribution is 2.17. The maximum Gasteiger partial charge on any atom is 0.247 e. The summed E-state index contributed by atoms with van der Waals surface area (Å²) in [6, 6.07) is 31.6. The molecule has 7 nitrogen and oxygen atoms in total. The maximum absolute atomic E-state index is 13.9. The molecule has 0 N–H and O–H groups in total. The Hall–Kier alpha value is -4.62. The van der Waals surface area contributed by atoms with Gasteiger partial charge in [0.2, 0.25) is 11.8 Å². The van der Waals surface area contributed by atoms with Crippen molar-refractivity contribution in [3.63, 3.8) is 0 Å². The van der Waals surface area contributed by atoms with Gasteiger partial charge in [0.1, 0.15) is 12.3 Å². The van der Waals surface area contributed by atoms with E-state index in [1.807, 2.05) is 102 Å². The molecule has 2 amide bonds. The third-order valence-electron chi connectivity index (χ3n) is 6.96. The number of carbonyl (C=O) groups is 2. The number of hydrogen-bond acceptors (Lipinski definition) is 4. The van der Waals surface area contributed by atoms with Crippen LogP contribution in [0.1, 0.15) is 28.8 Å². The van der Waals surface area contributed by atoms with Crippen molar-refractivity contribution in [3.8, 4) is 5.75 Å². The van der Waals surface area contributed by atoms with Gasteiger partial charge in [-0.25, -0.2) is 0 Å². The van der Waals surface area contributed by atoms with Gasteiger partial charge in [-0.1, -0.05) is 72.8 Å². The number of aromatic nitrogens is 1. The lowest BCUT2D eigenvalue weighted by Gasteiger charge is -2.28. The maximum atomic E-state index is 13.9. The highest BCUT2D eigenvalue weighted by Gasteiger charge is 2.22. The molecule has 42 heavy (non-hydrogen) atoms. The summed E-state index contributed by atoms with van der Waals surface area (Å²) in [5, 5.41) is 0. The summed E-state index contributed by atoms with van der Waals surface area (Å²) in [5.74, 6) is 0.484. The lowest BCUT2D eigenvalue weighted by Crippen LogP contribution is -2.42. The van der Waals surface area contributed by atoms with Gasteiger partial charge in [-0.2, -0.15) is 0 Å². The summed E-state index contributed by atoms with van der Waals surface area (Å²) in [6.45, 7) is 2.40. The largest absolute Gasteiger partial charge is 0.497 e. The molecule has 1 heterocycles. The Balaban J connectivity index is 1.53. The monoisotopic (exact) mass is 565 g/mol. The van der Waals surface area contributed by atoms with Crippen LogP contribution >= 0.6 is 0 Å². The highest BCUT2D eigenvalue weighted by atomic mass is 16.5. The second-order valence-corrected chi connectivity index (χ2v) is 10.1. The van der Waals surface area contributed by atoms with Crippen molar-refractivity contribution < 1.29 is 19.1 Å². The Morgan fingerprint density at radius 1 is 0.810 bits per heavy atom. The van der Waals surface area contributed by atoms with Crippen LogP contribution in [-0.4, -0.2) is 60.1 Å². The second kappa shape index (κ2) is 16.0. The Morgan fingerprint density at radius 2 is 1.55 bits per heavy atom. The van der Waals surface area contributed by atoms with Gasteiger partial charge < -0.3 is 23.8 Å². The average Bonchev–Trinajstić information content (AvgIpc) is 3.46. The number of ether oxygens (including phenoxy) is 2. The molecule has 4 aromatic rings. The Morgan fingerprint density at radius 3 is 2.29 bits per heavy atom. The number of carbonyl (C=O) groups excluding carboxylic acids is 2. The Labute approximate surface area is 248 Å². The van der Waals surface area contributed by atoms with Crippen LogP contribution in [0.2, 0.25) is 0 Å². The minimum atomic E-state index is -0.204. The van der Waals surface area contributed by atoms with Crippen LogP contribution in [-0.2, 0) is 34.0 Å². The van der Waals surface area contributed by atoms with E-state index in [9.17, 15) is 9.59 Å². The molecule has 0 saturated carbocycles. The van der Waals surface area contributed by atoms with Gasteiger partial charge >= 0.3 is 0 Å². The molecule has 0 aliphatic carbocycles. The van der Waals surface area contributed by atoms with E-state index < -0.39 is 0 Å². The smallest absolute Gasteiger partial charge is 0.247 e. The van der Waals surface area contributed by atoms with Gasteiger partial charge in [0.25, 0.3) is 0 Å². The normalized spacial score (nSPS) is 11.0. The van der Waals surface area contributed by atoms with Crippen molar-refractivity contribution in [3.05, 3.63) is 132 Å². The summed E-state index contributed by atoms with van der Waals surface area (Å²) >= 11 is 0. The van der Waals surface area contributed by atoms with Crippen molar-refractivity contribution in [2.24, 2.45) is 0 Å². The van der Waals surface area contributed by atoms with Crippen molar-refractivity contribution in [2.75, 3.05) is 33.9 Å². The lowest BCUT2D eigenvalue weighted by atomic mass is 10.2. The SMILES string of the molecule is COCCCN(CC(=O)N(Cc1ccccc1)Cc1cccn1Cc1cccc(OC)c1)C(=O)/C=C/c1ccccc1. The number of rotatable bonds is 15. The van der Waals surface area contributed by atoms with Crippen molar-refractivity contribution in [1.29, 1.82) is 0 Å². The van der Waals surface area contributed by atoms with Crippen LogP contribution in [0.3, 0.4) is 0 Å². The van der Waals surface area contributed by atoms with Crippen molar-refractivity contribution >= 4 is 17.9 Å². The quantitative estimate of drug-likeness (QED) is 0.138. The summed E-state index contributed by atoms with van der Waals surface area (Å²) in [4.78, 5) is 30.6. The summed E-state index contributed by atoms with van der Waals surface area (Å²) in [7, 11) is 3.29. The molecule has 7 heteroatoms. The van der Waals surface area contributed by atoms with E-state index in [0.29, 0.717) is 39.2 Å². The van der Waals surface area contributed by atoms with Crippen LogP contribution in [0.15, 0.2) is 109 Å². The fourth-order valence-electron chi connectivity index (χ4n) is 4.71. The molecule has 218 valence electrons. The summed E-state index contributed by atoms with van der Waals surface area (Å²) < 4.78 is 12.8. The van der Waals surface area contributed by atoms with Gasteiger partial charge in [-0.3, -0.25) is 9.59 Å². The average molecular weight is 566 g/mol. The van der Waals surface area contributed by atoms with Gasteiger partial charge in [0, 0.05) is 51.3 Å². The molecule has 0 atom stereocenters. The number of amides is 2. The number of benzene rings is 3. The van der Waals surface area contributed by atoms with Crippen LogP contribution in [0.25, 0.3) is 6.08 Å². The minimum Gasteiger partial charge on any atom is -0.497 e. The lowest BCUT2D eigenvalue weighted by molar-refractivity contribution is -0.139. The van der Waals surface area contributed by atoms with Gasteiger partial charge in [0.15, 0.2) is 0 Å². The van der Waals surface area contributed by atoms with E-state index in [1.54, 1.807) is 25.2 Å². The van der Waals surface area contributed by atoms with Crippen LogP contribution < -0.4 is 4.74 Å². The van der Waals surface area contributed by atoms with Crippen molar-refractivity contribution in [1.82, 2.24) is 14.4 Å². The molecule has 0 fully saturated rings. The predicted molar refractivity (Wildman–Crippen MR) is 166 cm³/mol. The molecule has 0 aliphatic heterocycles. The Bertz CT molecular complexity index is 1430. The van der Waals surface area contributed by atoms with E-state index in [-0.39, 0.29) is 18.4 Å². The zero-order chi connectivity index (χ0) is 29.6. The fourth-order valence-corrected chi connectivity index (χ4v) is 4.71. The topological polar surface area (TPSA) is 64.0 Å². The third-order valence-corrected chi connectivity index (χ3v) is 6.96. The molecule has 1 aromatic heterocycles.